The predicted molar refractivity (Wildman–Crippen MR) is 86.1 cm³/mol. The molecule has 0 fully saturated rings. The van der Waals surface area contributed by atoms with Gasteiger partial charge in [0.25, 0.3) is 5.91 Å². The van der Waals surface area contributed by atoms with Crippen molar-refractivity contribution in [2.75, 3.05) is 10.7 Å². The first-order valence-corrected chi connectivity index (χ1v) is 8.00. The molecule has 0 radical (unpaired) electrons. The highest BCUT2D eigenvalue weighted by atomic mass is 35.5. The molecule has 0 N–H and O–H groups in total. The number of nitrogens with zero attached hydrogens (tertiary/aromatic N) is 6. The van der Waals surface area contributed by atoms with E-state index in [0.717, 1.165) is 11.4 Å². The number of carbonyl (C=O) groups is 1. The fourth-order valence-electron chi connectivity index (χ4n) is 1.99. The number of amides is 1. The van der Waals surface area contributed by atoms with Gasteiger partial charge >= 0.3 is 0 Å². The Balaban J connectivity index is 1.90. The highest BCUT2D eigenvalue weighted by molar-refractivity contribution is 8.14. The molecule has 0 saturated heterocycles. The number of hydrogen-bond acceptors (Lipinski definition) is 6. The van der Waals surface area contributed by atoms with Crippen LogP contribution < -0.4 is 4.90 Å². The highest BCUT2D eigenvalue weighted by Gasteiger charge is 2.27. The molecule has 0 bridgehead atoms. The lowest BCUT2D eigenvalue weighted by molar-refractivity contribution is -0.118. The first-order chi connectivity index (χ1) is 10.6. The van der Waals surface area contributed by atoms with E-state index >= 15 is 0 Å². The Morgan fingerprint density at radius 2 is 2.23 bits per heavy atom. The number of halogens is 1. The van der Waals surface area contributed by atoms with Crippen LogP contribution in [0.3, 0.4) is 0 Å². The molecule has 1 atom stereocenters. The van der Waals surface area contributed by atoms with E-state index in [9.17, 15) is 4.79 Å². The highest BCUT2D eigenvalue weighted by Crippen LogP contribution is 2.27. The van der Waals surface area contributed by atoms with Gasteiger partial charge in [0.1, 0.15) is 12.9 Å². The molecule has 1 aliphatic rings. The number of rotatable bonds is 3. The molecule has 1 unspecified atom stereocenters. The van der Waals surface area contributed by atoms with Crippen LogP contribution in [-0.2, 0) is 11.3 Å². The Morgan fingerprint density at radius 1 is 1.45 bits per heavy atom. The second-order valence-electron chi connectivity index (χ2n) is 4.78. The van der Waals surface area contributed by atoms with Gasteiger partial charge in [-0.1, -0.05) is 23.4 Å². The van der Waals surface area contributed by atoms with Gasteiger partial charge in [0.05, 0.1) is 11.7 Å². The molecule has 0 saturated carbocycles. The minimum absolute atomic E-state index is 0.0452. The van der Waals surface area contributed by atoms with Crippen LogP contribution in [0.25, 0.3) is 0 Å². The van der Waals surface area contributed by atoms with Crippen molar-refractivity contribution in [3.05, 3.63) is 35.6 Å². The Hall–Kier alpha value is -1.93. The summed E-state index contributed by atoms with van der Waals surface area (Å²) in [6.07, 6.45) is 1.41. The molecule has 22 heavy (non-hydrogen) atoms. The van der Waals surface area contributed by atoms with Crippen molar-refractivity contribution >= 4 is 40.1 Å². The lowest BCUT2D eigenvalue weighted by Crippen LogP contribution is -2.37. The summed E-state index contributed by atoms with van der Waals surface area (Å²) >= 11 is 7.48. The molecular formula is C13H13ClN6OS. The van der Waals surface area contributed by atoms with Gasteiger partial charge in [0.2, 0.25) is 0 Å². The van der Waals surface area contributed by atoms with E-state index in [4.69, 9.17) is 11.6 Å². The van der Waals surface area contributed by atoms with Gasteiger partial charge in [-0.3, -0.25) is 14.7 Å². The van der Waals surface area contributed by atoms with Crippen molar-refractivity contribution in [3.8, 4) is 0 Å². The van der Waals surface area contributed by atoms with Gasteiger partial charge in [0, 0.05) is 10.8 Å². The molecule has 0 spiro atoms. The van der Waals surface area contributed by atoms with Crippen molar-refractivity contribution in [1.29, 1.82) is 0 Å². The molecule has 114 valence electrons. The van der Waals surface area contributed by atoms with E-state index in [1.165, 1.54) is 11.0 Å². The van der Waals surface area contributed by atoms with Crippen LogP contribution >= 0.6 is 23.4 Å². The molecule has 1 aromatic carbocycles. The average Bonchev–Trinajstić information content (AvgIpc) is 3.13. The summed E-state index contributed by atoms with van der Waals surface area (Å²) in [7, 11) is 0. The second-order valence-corrected chi connectivity index (χ2v) is 6.21. The van der Waals surface area contributed by atoms with E-state index in [1.807, 2.05) is 6.92 Å². The zero-order valence-corrected chi connectivity index (χ0v) is 13.3. The van der Waals surface area contributed by atoms with Crippen molar-refractivity contribution in [1.82, 2.24) is 20.2 Å². The van der Waals surface area contributed by atoms with Crippen LogP contribution in [0.1, 0.15) is 6.92 Å². The van der Waals surface area contributed by atoms with Gasteiger partial charge in [0.15, 0.2) is 5.17 Å². The van der Waals surface area contributed by atoms with Crippen LogP contribution in [0.5, 0.6) is 0 Å². The zero-order valence-electron chi connectivity index (χ0n) is 11.8. The molecule has 0 aliphatic carbocycles. The van der Waals surface area contributed by atoms with E-state index in [1.54, 1.807) is 40.9 Å². The van der Waals surface area contributed by atoms with Gasteiger partial charge in [-0.2, -0.15) is 0 Å². The molecule has 7 nitrogen and oxygen atoms in total. The third-order valence-corrected chi connectivity index (χ3v) is 4.45. The van der Waals surface area contributed by atoms with Gasteiger partial charge in [-0.15, -0.1) is 5.10 Å². The lowest BCUT2D eigenvalue weighted by Gasteiger charge is -2.21. The van der Waals surface area contributed by atoms with Crippen molar-refractivity contribution in [3.63, 3.8) is 0 Å². The van der Waals surface area contributed by atoms with Crippen LogP contribution in [-0.4, -0.2) is 43.1 Å². The molecular weight excluding hydrogens is 324 g/mol. The topological polar surface area (TPSA) is 76.3 Å². The zero-order chi connectivity index (χ0) is 15.5. The molecule has 2 aromatic rings. The Bertz CT molecular complexity index is 687. The summed E-state index contributed by atoms with van der Waals surface area (Å²) in [4.78, 5) is 18.8. The van der Waals surface area contributed by atoms with Crippen molar-refractivity contribution in [2.24, 2.45) is 4.99 Å². The van der Waals surface area contributed by atoms with Crippen LogP contribution in [0.4, 0.5) is 5.69 Å². The summed E-state index contributed by atoms with van der Waals surface area (Å²) in [5, 5.41) is 12.1. The van der Waals surface area contributed by atoms with Gasteiger partial charge < -0.3 is 0 Å². The maximum atomic E-state index is 12.7. The van der Waals surface area contributed by atoms with Crippen molar-refractivity contribution < 1.29 is 4.79 Å². The summed E-state index contributed by atoms with van der Waals surface area (Å²) in [6, 6.07) is 7.28. The number of hydrogen-bond donors (Lipinski definition) is 0. The summed E-state index contributed by atoms with van der Waals surface area (Å²) < 4.78 is 1.38. The third-order valence-electron chi connectivity index (χ3n) is 3.00. The van der Waals surface area contributed by atoms with Crippen LogP contribution in [0.2, 0.25) is 5.02 Å². The summed E-state index contributed by atoms with van der Waals surface area (Å²) in [5.74, 6) is 0.701. The largest absolute Gasteiger partial charge is 0.272 e. The SMILES string of the molecule is CC1CSC(N(C(=O)Cn2cnnn2)c2ccc(Cl)cc2)=N1. The number of carbonyl (C=O) groups excluding carboxylic acids is 1. The smallest absolute Gasteiger partial charge is 0.254 e. The Labute approximate surface area is 136 Å². The van der Waals surface area contributed by atoms with Crippen molar-refractivity contribution in [2.45, 2.75) is 19.5 Å². The number of benzene rings is 1. The molecule has 1 amide bonds. The Kier molecular flexibility index (Phi) is 4.39. The fourth-order valence-corrected chi connectivity index (χ4v) is 3.18. The predicted octanol–water partition coefficient (Wildman–Crippen LogP) is 1.85. The number of amidine groups is 1. The van der Waals surface area contributed by atoms with Gasteiger partial charge in [-0.05, 0) is 41.6 Å². The number of aliphatic imine (C=N–C) groups is 1. The summed E-state index contributed by atoms with van der Waals surface area (Å²) in [5.41, 5.74) is 0.725. The summed E-state index contributed by atoms with van der Waals surface area (Å²) in [6.45, 7) is 2.06. The average molecular weight is 337 g/mol. The van der Waals surface area contributed by atoms with Crippen LogP contribution in [0, 0.1) is 0 Å². The maximum Gasteiger partial charge on any atom is 0.254 e. The Morgan fingerprint density at radius 3 is 2.82 bits per heavy atom. The maximum absolute atomic E-state index is 12.7. The molecule has 1 aliphatic heterocycles. The first kappa shape index (κ1) is 15.0. The first-order valence-electron chi connectivity index (χ1n) is 6.63. The monoisotopic (exact) mass is 336 g/mol. The molecule has 9 heteroatoms. The number of thioether (sulfide) groups is 1. The molecule has 1 aromatic heterocycles. The lowest BCUT2D eigenvalue weighted by atomic mass is 10.3. The standard InChI is InChI=1S/C13H13ClN6OS/c1-9-7-22-13(16-9)20(11-4-2-10(14)3-5-11)12(21)6-19-8-15-17-18-19/h2-5,8-9H,6-7H2,1H3. The van der Waals surface area contributed by atoms with Crippen LogP contribution in [0.15, 0.2) is 35.6 Å². The number of anilines is 1. The number of aromatic nitrogens is 4. The molecule has 3 rings (SSSR count). The fraction of sp³-hybridized carbons (Fsp3) is 0.308. The molecule has 2 heterocycles. The van der Waals surface area contributed by atoms with E-state index < -0.39 is 0 Å². The van der Waals surface area contributed by atoms with E-state index in [0.29, 0.717) is 10.2 Å². The second kappa shape index (κ2) is 6.45. The number of tetrazole rings is 1. The van der Waals surface area contributed by atoms with E-state index in [-0.39, 0.29) is 18.5 Å². The van der Waals surface area contributed by atoms with Gasteiger partial charge in [-0.25, -0.2) is 4.68 Å². The van der Waals surface area contributed by atoms with E-state index in [2.05, 4.69) is 20.5 Å². The minimum Gasteiger partial charge on any atom is -0.272 e. The quantitative estimate of drug-likeness (QED) is 0.855. The minimum atomic E-state index is -0.157. The third kappa shape index (κ3) is 3.28. The normalized spacial score (nSPS) is 17.4.